The molecule has 3 aromatic heterocycles. The van der Waals surface area contributed by atoms with Crippen LogP contribution in [0.15, 0.2) is 150 Å². The molecule has 1 N–H and O–H groups in total. The van der Waals surface area contributed by atoms with Crippen LogP contribution >= 0.6 is 0 Å². The number of imidazole rings is 2. The fourth-order valence-electron chi connectivity index (χ4n) is 10.8. The van der Waals surface area contributed by atoms with Gasteiger partial charge in [0.1, 0.15) is 22.7 Å². The van der Waals surface area contributed by atoms with Gasteiger partial charge in [-0.1, -0.05) is 185 Å². The monoisotopic (exact) mass is 1170 g/mol. The SMILES string of the molecule is Cc1cccc(C)c1-n1c(-c2[c-]c(-c3cccc4c3nc(-c3cc(C(C)(C)C)cc(C(C)(C)C)c3O)n4-c3ccc(C(C)(C)C)cc3-c3ccccc3)cc(C(C)(C)C)c2)nc2ccc3oc4ccccc4c3c21.[Pt]. The second kappa shape index (κ2) is 18.4. The number of aromatic nitrogens is 4. The molecule has 3 heterocycles. The van der Waals surface area contributed by atoms with Gasteiger partial charge in [-0.25, -0.2) is 4.98 Å². The van der Waals surface area contributed by atoms with Crippen molar-refractivity contribution in [3.8, 4) is 62.2 Å². The third-order valence-electron chi connectivity index (χ3n) is 15.0. The minimum atomic E-state index is -0.353. The summed E-state index contributed by atoms with van der Waals surface area (Å²) in [6.45, 7) is 31.2. The Morgan fingerprint density at radius 1 is 0.507 bits per heavy atom. The van der Waals surface area contributed by atoms with E-state index in [0.29, 0.717) is 11.4 Å². The van der Waals surface area contributed by atoms with Crippen LogP contribution in [0.1, 0.15) is 116 Å². The first-order valence-corrected chi connectivity index (χ1v) is 26.1. The third kappa shape index (κ3) is 8.93. The first-order chi connectivity index (χ1) is 35.0. The van der Waals surface area contributed by atoms with Crippen LogP contribution in [0.2, 0.25) is 0 Å². The largest absolute Gasteiger partial charge is 0.507 e. The van der Waals surface area contributed by atoms with E-state index in [9.17, 15) is 5.11 Å². The zero-order chi connectivity index (χ0) is 52.4. The van der Waals surface area contributed by atoms with Gasteiger partial charge in [0.2, 0.25) is 0 Å². The average molecular weight is 1170 g/mol. The van der Waals surface area contributed by atoms with E-state index in [2.05, 4.69) is 246 Å². The Kier molecular flexibility index (Phi) is 12.6. The first-order valence-electron chi connectivity index (χ1n) is 26.1. The zero-order valence-corrected chi connectivity index (χ0v) is 48.1. The predicted octanol–water partition coefficient (Wildman–Crippen LogP) is 18.2. The van der Waals surface area contributed by atoms with Gasteiger partial charge in [0.15, 0.2) is 0 Å². The Balaban J connectivity index is 0.00000641. The van der Waals surface area contributed by atoms with Gasteiger partial charge in [0, 0.05) is 43.3 Å². The van der Waals surface area contributed by atoms with Crippen LogP contribution in [0.3, 0.4) is 0 Å². The van der Waals surface area contributed by atoms with Gasteiger partial charge < -0.3 is 14.1 Å². The topological polar surface area (TPSA) is 69.0 Å². The molecule has 0 aliphatic carbocycles. The molecule has 0 aliphatic heterocycles. The molecule has 0 spiro atoms. The van der Waals surface area contributed by atoms with Crippen LogP contribution in [0.5, 0.6) is 5.75 Å². The fourth-order valence-corrected chi connectivity index (χ4v) is 10.8. The second-order valence-corrected chi connectivity index (χ2v) is 24.6. The Hall–Kier alpha value is -7.01. The van der Waals surface area contributed by atoms with Crippen molar-refractivity contribution in [3.63, 3.8) is 0 Å². The van der Waals surface area contributed by atoms with E-state index in [4.69, 9.17) is 14.4 Å². The number of rotatable bonds is 6. The van der Waals surface area contributed by atoms with Crippen molar-refractivity contribution in [2.45, 2.75) is 119 Å². The Bertz CT molecular complexity index is 4010. The average Bonchev–Trinajstić information content (AvgIpc) is 4.07. The van der Waals surface area contributed by atoms with E-state index in [0.717, 1.165) is 117 Å². The van der Waals surface area contributed by atoms with Gasteiger partial charge in [0.05, 0.1) is 44.5 Å². The molecule has 0 aliphatic rings. The van der Waals surface area contributed by atoms with Crippen LogP contribution in [-0.4, -0.2) is 24.2 Å². The smallest absolute Gasteiger partial charge is 0.148 e. The number of hydrogen-bond acceptors (Lipinski definition) is 4. The molecule has 11 aromatic rings. The van der Waals surface area contributed by atoms with E-state index in [-0.39, 0.29) is 48.5 Å². The van der Waals surface area contributed by atoms with Crippen LogP contribution < -0.4 is 0 Å². The molecular weight excluding hydrogens is 1100 g/mol. The van der Waals surface area contributed by atoms with Crippen molar-refractivity contribution in [1.82, 2.24) is 19.1 Å². The number of fused-ring (bicyclic) bond motifs is 6. The molecule has 382 valence electrons. The van der Waals surface area contributed by atoms with E-state index >= 15 is 0 Å². The van der Waals surface area contributed by atoms with Gasteiger partial charge in [-0.05, 0) is 106 Å². The van der Waals surface area contributed by atoms with Crippen molar-refractivity contribution in [2.24, 2.45) is 0 Å². The van der Waals surface area contributed by atoms with Gasteiger partial charge in [0.25, 0.3) is 0 Å². The summed E-state index contributed by atoms with van der Waals surface area (Å²) < 4.78 is 11.2. The second-order valence-electron chi connectivity index (χ2n) is 24.6. The normalized spacial score (nSPS) is 12.6. The molecule has 0 radical (unpaired) electrons. The summed E-state index contributed by atoms with van der Waals surface area (Å²) in [5.41, 5.74) is 18.7. The number of aromatic hydroxyl groups is 1. The van der Waals surface area contributed by atoms with Crippen LogP contribution in [-0.2, 0) is 42.7 Å². The summed E-state index contributed by atoms with van der Waals surface area (Å²) in [7, 11) is 0. The standard InChI is InChI=1S/C68H67N4O2.Pt/c1-40-22-20-23-41(2)60(40)72-61-53(31-33-57-58(61)49-26-18-19-29-56(49)74-57)69-63(72)44-34-43(35-46(36-44)66(6,7)8)48-27-21-28-55-59(48)70-64(51-38-47(67(9,10)11)39-52(62(51)73)68(12,13)14)71(55)54-32-30-45(65(3,4)5)37-50(54)42-24-16-15-17-25-42;/h15-33,35-39,73H,1-14H3;/q-1;. The summed E-state index contributed by atoms with van der Waals surface area (Å²) in [4.78, 5) is 11.3. The Morgan fingerprint density at radius 2 is 1.13 bits per heavy atom. The number of phenols is 1. The van der Waals surface area contributed by atoms with E-state index in [1.54, 1.807) is 0 Å². The van der Waals surface area contributed by atoms with E-state index in [1.165, 1.54) is 5.56 Å². The van der Waals surface area contributed by atoms with Crippen molar-refractivity contribution in [3.05, 3.63) is 185 Å². The molecule has 0 saturated heterocycles. The van der Waals surface area contributed by atoms with Crippen molar-refractivity contribution < 1.29 is 30.6 Å². The zero-order valence-electron chi connectivity index (χ0n) is 45.8. The van der Waals surface area contributed by atoms with Crippen LogP contribution in [0.4, 0.5) is 0 Å². The maximum Gasteiger partial charge on any atom is 0.148 e. The number of benzene rings is 8. The molecule has 7 heteroatoms. The number of para-hydroxylation sites is 3. The van der Waals surface area contributed by atoms with Gasteiger partial charge in [-0.3, -0.25) is 9.55 Å². The minimum Gasteiger partial charge on any atom is -0.507 e. The van der Waals surface area contributed by atoms with Gasteiger partial charge in [-0.15, -0.1) is 29.3 Å². The third-order valence-corrected chi connectivity index (χ3v) is 15.0. The molecule has 0 amide bonds. The molecule has 6 nitrogen and oxygen atoms in total. The summed E-state index contributed by atoms with van der Waals surface area (Å²) in [5, 5.41) is 14.8. The molecule has 0 unspecified atom stereocenters. The first kappa shape index (κ1) is 51.5. The quantitative estimate of drug-likeness (QED) is 0.168. The van der Waals surface area contributed by atoms with Crippen LogP contribution in [0.25, 0.3) is 100 Å². The summed E-state index contributed by atoms with van der Waals surface area (Å²) in [6.07, 6.45) is 0. The number of aryl methyl sites for hydroxylation is 2. The maximum atomic E-state index is 12.7. The van der Waals surface area contributed by atoms with E-state index < -0.39 is 0 Å². The molecule has 0 saturated carbocycles. The summed E-state index contributed by atoms with van der Waals surface area (Å²) >= 11 is 0. The molecule has 0 atom stereocenters. The maximum absolute atomic E-state index is 12.7. The Labute approximate surface area is 456 Å². The molecule has 0 bridgehead atoms. The summed E-state index contributed by atoms with van der Waals surface area (Å²) in [5.74, 6) is 1.71. The molecular formula is C68H67N4O2Pt-. The summed E-state index contributed by atoms with van der Waals surface area (Å²) in [6, 6.07) is 55.8. The van der Waals surface area contributed by atoms with Crippen molar-refractivity contribution in [2.75, 3.05) is 0 Å². The molecule has 0 fully saturated rings. The molecule has 11 rings (SSSR count). The number of hydrogen-bond donors (Lipinski definition) is 1. The van der Waals surface area contributed by atoms with Crippen molar-refractivity contribution >= 4 is 44.0 Å². The Morgan fingerprint density at radius 3 is 1.81 bits per heavy atom. The number of nitrogens with zero attached hydrogens (tertiary/aromatic N) is 4. The minimum absolute atomic E-state index is 0. The number of phenolic OH excluding ortho intramolecular Hbond substituents is 1. The van der Waals surface area contributed by atoms with Crippen LogP contribution in [0, 0.1) is 19.9 Å². The van der Waals surface area contributed by atoms with Gasteiger partial charge >= 0.3 is 0 Å². The molecule has 75 heavy (non-hydrogen) atoms. The molecule has 8 aromatic carbocycles. The number of furan rings is 1. The van der Waals surface area contributed by atoms with Crippen molar-refractivity contribution in [1.29, 1.82) is 0 Å². The van der Waals surface area contributed by atoms with E-state index in [1.807, 2.05) is 12.1 Å². The fraction of sp³-hybridized carbons (Fsp3) is 0.265. The predicted molar refractivity (Wildman–Crippen MR) is 309 cm³/mol. The van der Waals surface area contributed by atoms with Gasteiger partial charge in [-0.2, -0.15) is 0 Å².